The zero-order chi connectivity index (χ0) is 19.8. The van der Waals surface area contributed by atoms with Gasteiger partial charge < -0.3 is 4.57 Å². The Hall–Kier alpha value is -2.93. The minimum Gasteiger partial charge on any atom is -0.318 e. The second kappa shape index (κ2) is 7.24. The quantitative estimate of drug-likeness (QED) is 0.292. The van der Waals surface area contributed by atoms with E-state index in [-0.39, 0.29) is 5.78 Å². The van der Waals surface area contributed by atoms with E-state index in [1.165, 1.54) is 23.7 Å². The van der Waals surface area contributed by atoms with Crippen molar-refractivity contribution >= 4 is 28.6 Å². The number of carbonyl (C=O) groups excluding carboxylic acids is 1. The van der Waals surface area contributed by atoms with Crippen molar-refractivity contribution in [1.29, 1.82) is 0 Å². The van der Waals surface area contributed by atoms with Crippen molar-refractivity contribution in [3.8, 4) is 5.69 Å². The Morgan fingerprint density at radius 2 is 1.86 bits per heavy atom. The highest BCUT2D eigenvalue weighted by molar-refractivity contribution is 8.00. The molecule has 7 heteroatoms. The number of thioether (sulfide) groups is 1. The smallest absolute Gasteiger partial charge is 0.174 e. The number of fused-ring (bicyclic) bond motifs is 1. The van der Waals surface area contributed by atoms with Crippen LogP contribution in [0.15, 0.2) is 47.9 Å². The maximum Gasteiger partial charge on any atom is 0.174 e. The Kier molecular flexibility index (Phi) is 4.77. The molecule has 4 aromatic rings. The summed E-state index contributed by atoms with van der Waals surface area (Å²) < 4.78 is 3.83. The predicted octanol–water partition coefficient (Wildman–Crippen LogP) is 4.05. The van der Waals surface area contributed by atoms with Crippen LogP contribution >= 0.6 is 11.8 Å². The lowest BCUT2D eigenvalue weighted by atomic mass is 10.2. The number of ketones is 1. The number of carbonyl (C=O) groups is 1. The van der Waals surface area contributed by atoms with E-state index in [2.05, 4.69) is 50.8 Å². The highest BCUT2D eigenvalue weighted by Crippen LogP contribution is 2.27. The molecule has 3 aromatic heterocycles. The summed E-state index contributed by atoms with van der Waals surface area (Å²) in [4.78, 5) is 21.5. The van der Waals surface area contributed by atoms with Crippen molar-refractivity contribution in [3.63, 3.8) is 0 Å². The molecule has 0 saturated carbocycles. The van der Waals surface area contributed by atoms with Gasteiger partial charge in [-0.05, 0) is 39.0 Å². The van der Waals surface area contributed by atoms with Gasteiger partial charge in [0, 0.05) is 29.7 Å². The minimum atomic E-state index is 0.0899. The van der Waals surface area contributed by atoms with Crippen LogP contribution in [0.2, 0.25) is 0 Å². The van der Waals surface area contributed by atoms with Crippen LogP contribution in [0.3, 0.4) is 0 Å². The Labute approximate surface area is 167 Å². The molecule has 0 atom stereocenters. The fourth-order valence-electron chi connectivity index (χ4n) is 3.40. The summed E-state index contributed by atoms with van der Waals surface area (Å²) in [6, 6.07) is 10.3. The van der Waals surface area contributed by atoms with E-state index in [0.717, 1.165) is 38.7 Å². The molecule has 0 aliphatic heterocycles. The van der Waals surface area contributed by atoms with E-state index in [1.807, 2.05) is 27.0 Å². The van der Waals surface area contributed by atoms with Gasteiger partial charge in [-0.2, -0.15) is 5.10 Å². The van der Waals surface area contributed by atoms with Crippen molar-refractivity contribution in [1.82, 2.24) is 24.3 Å². The lowest BCUT2D eigenvalue weighted by Crippen LogP contribution is -2.06. The summed E-state index contributed by atoms with van der Waals surface area (Å²) in [6.07, 6.45) is 3.26. The van der Waals surface area contributed by atoms with Gasteiger partial charge in [-0.25, -0.2) is 9.97 Å². The van der Waals surface area contributed by atoms with Crippen LogP contribution in [0.25, 0.3) is 16.7 Å². The van der Waals surface area contributed by atoms with Crippen LogP contribution in [0.5, 0.6) is 0 Å². The van der Waals surface area contributed by atoms with Crippen LogP contribution in [0, 0.1) is 20.8 Å². The molecule has 1 aromatic carbocycles. The number of rotatable bonds is 5. The summed E-state index contributed by atoms with van der Waals surface area (Å²) in [5.41, 5.74) is 5.81. The maximum atomic E-state index is 12.9. The number of benzene rings is 1. The minimum absolute atomic E-state index is 0.0899. The number of aromatic nitrogens is 5. The number of Topliss-reactive ketones (excluding diaryl/α,β-unsaturated/α-hetero) is 1. The van der Waals surface area contributed by atoms with Crippen LogP contribution < -0.4 is 0 Å². The molecule has 0 bridgehead atoms. The maximum absolute atomic E-state index is 12.9. The first kappa shape index (κ1) is 18.4. The normalized spacial score (nSPS) is 11.3. The van der Waals surface area contributed by atoms with Gasteiger partial charge in [0.25, 0.3) is 0 Å². The molecule has 28 heavy (non-hydrogen) atoms. The zero-order valence-corrected chi connectivity index (χ0v) is 17.1. The van der Waals surface area contributed by atoms with Gasteiger partial charge in [0.15, 0.2) is 11.4 Å². The molecule has 142 valence electrons. The van der Waals surface area contributed by atoms with E-state index in [0.29, 0.717) is 5.75 Å². The largest absolute Gasteiger partial charge is 0.318 e. The molecule has 3 heterocycles. The Balaban J connectivity index is 1.58. The third-order valence-corrected chi connectivity index (χ3v) is 5.86. The first-order valence-corrected chi connectivity index (χ1v) is 9.99. The van der Waals surface area contributed by atoms with E-state index in [9.17, 15) is 4.79 Å². The highest BCUT2D eigenvalue weighted by Gasteiger charge is 2.18. The third kappa shape index (κ3) is 3.22. The Morgan fingerprint density at radius 1 is 1.11 bits per heavy atom. The molecule has 4 rings (SSSR count). The average molecular weight is 392 g/mol. The van der Waals surface area contributed by atoms with Crippen LogP contribution in [0.1, 0.15) is 27.3 Å². The van der Waals surface area contributed by atoms with Gasteiger partial charge in [0.05, 0.1) is 17.3 Å². The van der Waals surface area contributed by atoms with Gasteiger partial charge >= 0.3 is 0 Å². The molecular formula is C21H21N5OS. The monoisotopic (exact) mass is 391 g/mol. The molecule has 6 nitrogen and oxygen atoms in total. The van der Waals surface area contributed by atoms with Gasteiger partial charge in [-0.3, -0.25) is 9.48 Å². The number of hydrogen-bond donors (Lipinski definition) is 0. The topological polar surface area (TPSA) is 65.6 Å². The van der Waals surface area contributed by atoms with Gasteiger partial charge in [0.2, 0.25) is 0 Å². The Bertz CT molecular complexity index is 1170. The third-order valence-electron chi connectivity index (χ3n) is 4.86. The Morgan fingerprint density at radius 3 is 2.61 bits per heavy atom. The zero-order valence-electron chi connectivity index (χ0n) is 16.3. The molecule has 0 saturated heterocycles. The van der Waals surface area contributed by atoms with E-state index < -0.39 is 0 Å². The van der Waals surface area contributed by atoms with Crippen LogP contribution in [-0.4, -0.2) is 35.9 Å². The summed E-state index contributed by atoms with van der Waals surface area (Å²) in [6.45, 7) is 6.09. The second-order valence-electron chi connectivity index (χ2n) is 6.85. The summed E-state index contributed by atoms with van der Waals surface area (Å²) in [7, 11) is 1.84. The van der Waals surface area contributed by atoms with Gasteiger partial charge in [-0.15, -0.1) is 0 Å². The van der Waals surface area contributed by atoms with Crippen molar-refractivity contribution < 1.29 is 4.79 Å². The van der Waals surface area contributed by atoms with Crippen LogP contribution in [0.4, 0.5) is 0 Å². The summed E-state index contributed by atoms with van der Waals surface area (Å²) >= 11 is 1.42. The lowest BCUT2D eigenvalue weighted by Gasteiger charge is -2.10. The fourth-order valence-corrected chi connectivity index (χ4v) is 4.25. The van der Waals surface area contributed by atoms with Gasteiger partial charge in [-0.1, -0.05) is 29.5 Å². The lowest BCUT2D eigenvalue weighted by molar-refractivity contribution is 0.102. The van der Waals surface area contributed by atoms with Gasteiger partial charge in [0.1, 0.15) is 11.4 Å². The standard InChI is InChI=1S/C21H21N5OS/c1-13-5-7-16(8-6-13)26-14(2)9-17(15(26)3)19(27)11-28-21-18-10-24-25(4)20(18)22-12-23-21/h5-10,12H,11H2,1-4H3. The summed E-state index contributed by atoms with van der Waals surface area (Å²) in [5, 5.41) is 5.87. The fraction of sp³-hybridized carbons (Fsp3) is 0.238. The molecular weight excluding hydrogens is 370 g/mol. The molecule has 0 aliphatic rings. The number of nitrogens with zero attached hydrogens (tertiary/aromatic N) is 5. The van der Waals surface area contributed by atoms with E-state index in [4.69, 9.17) is 0 Å². The summed E-state index contributed by atoms with van der Waals surface area (Å²) in [5.74, 6) is 0.409. The van der Waals surface area contributed by atoms with E-state index >= 15 is 0 Å². The van der Waals surface area contributed by atoms with Crippen molar-refractivity contribution in [2.24, 2.45) is 7.05 Å². The van der Waals surface area contributed by atoms with E-state index in [1.54, 1.807) is 10.9 Å². The molecule has 0 aliphatic carbocycles. The number of hydrogen-bond acceptors (Lipinski definition) is 5. The molecule has 0 N–H and O–H groups in total. The molecule has 0 spiro atoms. The molecule has 0 fully saturated rings. The first-order chi connectivity index (χ1) is 13.5. The first-order valence-electron chi connectivity index (χ1n) is 9.00. The average Bonchev–Trinajstić information content (AvgIpc) is 3.21. The highest BCUT2D eigenvalue weighted by atomic mass is 32.2. The SMILES string of the molecule is Cc1ccc(-n2c(C)cc(C(=O)CSc3ncnc4c3cnn4C)c2C)cc1. The second-order valence-corrected chi connectivity index (χ2v) is 7.82. The van der Waals surface area contributed by atoms with Crippen molar-refractivity contribution in [2.45, 2.75) is 25.8 Å². The van der Waals surface area contributed by atoms with Crippen LogP contribution in [-0.2, 0) is 7.05 Å². The molecule has 0 unspecified atom stereocenters. The van der Waals surface area contributed by atoms with Crippen molar-refractivity contribution in [3.05, 3.63) is 65.4 Å². The predicted molar refractivity (Wildman–Crippen MR) is 111 cm³/mol. The van der Waals surface area contributed by atoms with Crippen molar-refractivity contribution in [2.75, 3.05) is 5.75 Å². The number of aryl methyl sites for hydroxylation is 3. The molecule has 0 radical (unpaired) electrons. The molecule has 0 amide bonds.